The van der Waals surface area contributed by atoms with Crippen LogP contribution in [0.25, 0.3) is 11.1 Å². The Morgan fingerprint density at radius 1 is 0.975 bits per heavy atom. The second-order valence-electron chi connectivity index (χ2n) is 12.2. The zero-order valence-corrected chi connectivity index (χ0v) is 23.9. The predicted octanol–water partition coefficient (Wildman–Crippen LogP) is 3.79. The fraction of sp³-hybridized carbons (Fsp3) is 0.581. The van der Waals surface area contributed by atoms with Gasteiger partial charge in [0.05, 0.1) is 12.7 Å². The normalized spacial score (nSPS) is 27.7. The molecule has 4 aliphatic rings. The molecule has 3 heterocycles. The minimum atomic E-state index is -4.09. The molecule has 9 heteroatoms. The highest BCUT2D eigenvalue weighted by Gasteiger charge is 2.47. The molecule has 2 saturated heterocycles. The van der Waals surface area contributed by atoms with Gasteiger partial charge in [-0.3, -0.25) is 4.79 Å². The second kappa shape index (κ2) is 11.4. The lowest BCUT2D eigenvalue weighted by molar-refractivity contribution is -0.127. The van der Waals surface area contributed by atoms with E-state index in [9.17, 15) is 18.3 Å². The molecule has 40 heavy (non-hydrogen) atoms. The number of amides is 1. The quantitative estimate of drug-likeness (QED) is 0.586. The lowest BCUT2D eigenvalue weighted by Crippen LogP contribution is -2.59. The van der Waals surface area contributed by atoms with Gasteiger partial charge in [-0.25, -0.2) is 8.42 Å². The Morgan fingerprint density at radius 3 is 2.48 bits per heavy atom. The van der Waals surface area contributed by atoms with E-state index >= 15 is 0 Å². The van der Waals surface area contributed by atoms with Crippen LogP contribution in [0.5, 0.6) is 5.75 Å². The number of sulfonamides is 1. The van der Waals surface area contributed by atoms with Crippen molar-refractivity contribution in [2.24, 2.45) is 5.92 Å². The summed E-state index contributed by atoms with van der Waals surface area (Å²) in [5.41, 5.74) is 1.36. The topological polar surface area (TPSA) is 99.2 Å². The fourth-order valence-corrected chi connectivity index (χ4v) is 8.85. The number of fused-ring (bicyclic) bond motifs is 2. The maximum absolute atomic E-state index is 13.9. The van der Waals surface area contributed by atoms with Crippen molar-refractivity contribution in [3.8, 4) is 16.9 Å². The van der Waals surface area contributed by atoms with Gasteiger partial charge in [0.1, 0.15) is 16.7 Å². The third-order valence-electron chi connectivity index (χ3n) is 9.45. The molecule has 2 atom stereocenters. The number of nitrogens with zero attached hydrogens (tertiary/aromatic N) is 2. The summed E-state index contributed by atoms with van der Waals surface area (Å²) in [4.78, 5) is 16.3. The largest absolute Gasteiger partial charge is 0.492 e. The van der Waals surface area contributed by atoms with Crippen LogP contribution < -0.4 is 10.1 Å². The molecule has 1 spiro atoms. The molecule has 0 bridgehead atoms. The molecule has 6 rings (SSSR count). The lowest BCUT2D eigenvalue weighted by atomic mass is 9.83. The Hall–Kier alpha value is -2.46. The average Bonchev–Trinajstić information content (AvgIpc) is 3.37. The highest BCUT2D eigenvalue weighted by Crippen LogP contribution is 2.37. The van der Waals surface area contributed by atoms with Crippen LogP contribution in [0.3, 0.4) is 0 Å². The molecular formula is C31H41N3O5S. The van der Waals surface area contributed by atoms with Gasteiger partial charge in [-0.1, -0.05) is 55.7 Å². The highest BCUT2D eigenvalue weighted by molar-refractivity contribution is 7.89. The second-order valence-corrected chi connectivity index (χ2v) is 14.0. The summed E-state index contributed by atoms with van der Waals surface area (Å²) >= 11 is 0. The summed E-state index contributed by atoms with van der Waals surface area (Å²) in [7, 11) is -4.09. The molecule has 3 aliphatic heterocycles. The van der Waals surface area contributed by atoms with Crippen molar-refractivity contribution in [3.05, 3.63) is 48.5 Å². The van der Waals surface area contributed by atoms with Gasteiger partial charge in [-0.15, -0.1) is 0 Å². The van der Waals surface area contributed by atoms with Gasteiger partial charge in [0.25, 0.3) is 0 Å². The van der Waals surface area contributed by atoms with E-state index < -0.39 is 27.7 Å². The molecule has 1 aliphatic carbocycles. The Kier molecular flexibility index (Phi) is 7.92. The number of rotatable bonds is 3. The zero-order valence-electron chi connectivity index (χ0n) is 23.1. The lowest BCUT2D eigenvalue weighted by Gasteiger charge is -2.44. The van der Waals surface area contributed by atoms with Crippen molar-refractivity contribution >= 4 is 15.9 Å². The first-order valence-electron chi connectivity index (χ1n) is 14.9. The van der Waals surface area contributed by atoms with Crippen molar-refractivity contribution in [2.75, 3.05) is 32.8 Å². The van der Waals surface area contributed by atoms with Crippen molar-refractivity contribution in [1.29, 1.82) is 0 Å². The first-order chi connectivity index (χ1) is 19.3. The minimum absolute atomic E-state index is 0.0392. The van der Waals surface area contributed by atoms with Gasteiger partial charge < -0.3 is 20.1 Å². The summed E-state index contributed by atoms with van der Waals surface area (Å²) in [5, 5.41) is 13.8. The molecule has 2 aromatic carbocycles. The highest BCUT2D eigenvalue weighted by atomic mass is 32.2. The predicted molar refractivity (Wildman–Crippen MR) is 153 cm³/mol. The van der Waals surface area contributed by atoms with Crippen LogP contribution >= 0.6 is 0 Å². The number of carbonyl (C=O) groups is 1. The van der Waals surface area contributed by atoms with Gasteiger partial charge in [-0.2, -0.15) is 4.31 Å². The van der Waals surface area contributed by atoms with Crippen LogP contribution in [-0.2, 0) is 14.8 Å². The van der Waals surface area contributed by atoms with Gasteiger partial charge >= 0.3 is 0 Å². The van der Waals surface area contributed by atoms with E-state index in [1.807, 2.05) is 30.3 Å². The van der Waals surface area contributed by atoms with Crippen LogP contribution in [0.4, 0.5) is 0 Å². The Balaban J connectivity index is 1.28. The average molecular weight is 568 g/mol. The van der Waals surface area contributed by atoms with E-state index in [2.05, 4.69) is 10.2 Å². The third kappa shape index (κ3) is 5.66. The fourth-order valence-electron chi connectivity index (χ4n) is 7.10. The summed E-state index contributed by atoms with van der Waals surface area (Å²) in [6, 6.07) is 14.0. The Morgan fingerprint density at radius 2 is 1.73 bits per heavy atom. The monoisotopic (exact) mass is 567 g/mol. The number of likely N-dealkylation sites (tertiary alicyclic amines) is 1. The van der Waals surface area contributed by atoms with Crippen LogP contribution in [0.2, 0.25) is 0 Å². The summed E-state index contributed by atoms with van der Waals surface area (Å²) in [5.74, 6) is 0.744. The number of nitrogens with one attached hydrogen (secondary N) is 1. The standard InChI is InChI=1S/C31H41N3O5S/c35-26-20-27-30(36)32-31(13-16-33(17-14-31)21-23-7-3-1-4-8-23)15-18-39-28-19-25(24-9-5-2-6-10-24)11-12-29(28)40(37,38)34(27)22-26/h2,5-6,9-12,19,23,26-27,35H,1,3-4,7-8,13-18,20-22H2,(H,32,36)/t26-,27+/m1/s1. The molecule has 3 fully saturated rings. The van der Waals surface area contributed by atoms with Crippen molar-refractivity contribution in [2.45, 2.75) is 80.4 Å². The zero-order chi connectivity index (χ0) is 27.7. The number of piperidine rings is 1. The van der Waals surface area contributed by atoms with E-state index in [1.54, 1.807) is 18.2 Å². The molecule has 2 aromatic rings. The van der Waals surface area contributed by atoms with Gasteiger partial charge in [-0.05, 0) is 54.9 Å². The Bertz CT molecular complexity index is 1300. The van der Waals surface area contributed by atoms with Gasteiger partial charge in [0.15, 0.2) is 0 Å². The van der Waals surface area contributed by atoms with Crippen LogP contribution in [0.15, 0.2) is 53.4 Å². The summed E-state index contributed by atoms with van der Waals surface area (Å²) in [6.07, 6.45) is 8.02. The number of aliphatic hydroxyl groups is 1. The number of carbonyl (C=O) groups excluding carboxylic acids is 1. The molecule has 1 saturated carbocycles. The van der Waals surface area contributed by atoms with E-state index in [1.165, 1.54) is 36.4 Å². The molecule has 1 amide bonds. The van der Waals surface area contributed by atoms with Crippen LogP contribution in [0.1, 0.15) is 57.8 Å². The van der Waals surface area contributed by atoms with Crippen molar-refractivity contribution in [1.82, 2.24) is 14.5 Å². The number of hydrogen-bond donors (Lipinski definition) is 2. The number of aliphatic hydroxyl groups excluding tert-OH is 1. The van der Waals surface area contributed by atoms with E-state index in [-0.39, 0.29) is 23.8 Å². The van der Waals surface area contributed by atoms with Crippen molar-refractivity contribution in [3.63, 3.8) is 0 Å². The molecule has 2 N–H and O–H groups in total. The first kappa shape index (κ1) is 27.7. The Labute approximate surface area is 237 Å². The summed E-state index contributed by atoms with van der Waals surface area (Å²) in [6.45, 7) is 3.12. The van der Waals surface area contributed by atoms with Crippen LogP contribution in [-0.4, -0.2) is 79.1 Å². The van der Waals surface area contributed by atoms with Gasteiger partial charge in [0.2, 0.25) is 15.9 Å². The van der Waals surface area contributed by atoms with Crippen LogP contribution in [0, 0.1) is 5.92 Å². The van der Waals surface area contributed by atoms with Gasteiger partial charge in [0, 0.05) is 44.6 Å². The number of hydrogen-bond acceptors (Lipinski definition) is 6. The molecular weight excluding hydrogens is 526 g/mol. The first-order valence-corrected chi connectivity index (χ1v) is 16.3. The SMILES string of the molecule is O=C1NC2(CCOc3cc(-c4ccccc4)ccc3S(=O)(=O)N3C[C@H](O)C[C@@H]13)CCN(CC1CCCCC1)CC2. The number of ether oxygens (including phenoxy) is 1. The third-order valence-corrected chi connectivity index (χ3v) is 11.4. The van der Waals surface area contributed by atoms with Crippen molar-refractivity contribution < 1.29 is 23.1 Å². The molecule has 0 radical (unpaired) electrons. The van der Waals surface area contributed by atoms with E-state index in [0.717, 1.165) is 49.5 Å². The summed E-state index contributed by atoms with van der Waals surface area (Å²) < 4.78 is 35.3. The number of benzene rings is 2. The smallest absolute Gasteiger partial charge is 0.247 e. The van der Waals surface area contributed by atoms with E-state index in [0.29, 0.717) is 18.8 Å². The molecule has 0 aromatic heterocycles. The molecule has 0 unspecified atom stereocenters. The van der Waals surface area contributed by atoms with E-state index in [4.69, 9.17) is 4.74 Å². The molecule has 8 nitrogen and oxygen atoms in total. The maximum atomic E-state index is 13.9. The molecule has 216 valence electrons. The maximum Gasteiger partial charge on any atom is 0.247 e. The minimum Gasteiger partial charge on any atom is -0.492 e.